The number of benzene rings is 1. The Kier molecular flexibility index (Phi) is 6.87. The van der Waals surface area contributed by atoms with E-state index in [0.29, 0.717) is 16.3 Å². The fourth-order valence-electron chi connectivity index (χ4n) is 3.52. The second-order valence-electron chi connectivity index (χ2n) is 7.42. The van der Waals surface area contributed by atoms with Gasteiger partial charge >= 0.3 is 0 Å². The molecule has 2 heterocycles. The quantitative estimate of drug-likeness (QED) is 0.756. The highest BCUT2D eigenvalue weighted by molar-refractivity contribution is 7.11. The van der Waals surface area contributed by atoms with Crippen molar-refractivity contribution < 1.29 is 14.3 Å². The van der Waals surface area contributed by atoms with E-state index in [1.54, 1.807) is 12.6 Å². The minimum Gasteiger partial charge on any atom is -0.495 e. The maximum absolute atomic E-state index is 12.8. The van der Waals surface area contributed by atoms with Crippen LogP contribution in [0.25, 0.3) is 0 Å². The molecule has 1 aliphatic heterocycles. The minimum absolute atomic E-state index is 0.0548. The van der Waals surface area contributed by atoms with Gasteiger partial charge in [0.15, 0.2) is 0 Å². The summed E-state index contributed by atoms with van der Waals surface area (Å²) in [5, 5.41) is 6.09. The standard InChI is InChI=1S/C21H28N4O3S/c1-13-5-6-18(28-4)17(11-13)24-20(26)15(3)25-9-7-16(8-10-25)23-21(27)19-14(2)22-12-29-19/h5-6,11-12,15-16H,7-10H2,1-4H3,(H,23,27)(H,24,26). The lowest BCUT2D eigenvalue weighted by molar-refractivity contribution is -0.121. The monoisotopic (exact) mass is 416 g/mol. The van der Waals surface area contributed by atoms with Crippen LogP contribution in [0, 0.1) is 13.8 Å². The fraction of sp³-hybridized carbons (Fsp3) is 0.476. The van der Waals surface area contributed by atoms with Crippen molar-refractivity contribution in [3.63, 3.8) is 0 Å². The zero-order valence-corrected chi connectivity index (χ0v) is 18.1. The maximum atomic E-state index is 12.8. The number of hydrogen-bond donors (Lipinski definition) is 2. The van der Waals surface area contributed by atoms with E-state index in [-0.39, 0.29) is 23.9 Å². The van der Waals surface area contributed by atoms with Crippen molar-refractivity contribution in [1.29, 1.82) is 0 Å². The number of piperidine rings is 1. The molecule has 3 rings (SSSR count). The predicted octanol–water partition coefficient (Wildman–Crippen LogP) is 2.99. The Bertz CT molecular complexity index is 875. The average Bonchev–Trinajstić information content (AvgIpc) is 3.14. The highest BCUT2D eigenvalue weighted by atomic mass is 32.1. The number of aromatic nitrogens is 1. The first-order valence-electron chi connectivity index (χ1n) is 9.79. The van der Waals surface area contributed by atoms with Gasteiger partial charge in [0.2, 0.25) is 5.91 Å². The van der Waals surface area contributed by atoms with E-state index in [1.807, 2.05) is 39.0 Å². The van der Waals surface area contributed by atoms with Crippen LogP contribution in [0.15, 0.2) is 23.7 Å². The molecule has 2 amide bonds. The van der Waals surface area contributed by atoms with E-state index in [0.717, 1.165) is 37.2 Å². The second kappa shape index (κ2) is 9.37. The molecule has 2 aromatic rings. The van der Waals surface area contributed by atoms with Crippen LogP contribution in [-0.2, 0) is 4.79 Å². The lowest BCUT2D eigenvalue weighted by Crippen LogP contribution is -2.50. The van der Waals surface area contributed by atoms with Gasteiger partial charge in [-0.1, -0.05) is 6.07 Å². The molecule has 156 valence electrons. The Morgan fingerprint density at radius 1 is 1.28 bits per heavy atom. The number of ether oxygens (including phenoxy) is 1. The predicted molar refractivity (Wildman–Crippen MR) is 115 cm³/mol. The van der Waals surface area contributed by atoms with Crippen molar-refractivity contribution in [3.8, 4) is 5.75 Å². The van der Waals surface area contributed by atoms with E-state index in [4.69, 9.17) is 4.74 Å². The molecule has 1 aliphatic rings. The summed E-state index contributed by atoms with van der Waals surface area (Å²) in [5.74, 6) is 0.536. The first-order valence-corrected chi connectivity index (χ1v) is 10.7. The largest absolute Gasteiger partial charge is 0.495 e. The van der Waals surface area contributed by atoms with Crippen molar-refractivity contribution in [2.24, 2.45) is 0 Å². The number of carbonyl (C=O) groups is 2. The Labute approximate surface area is 175 Å². The summed E-state index contributed by atoms with van der Waals surface area (Å²) in [4.78, 5) is 32.1. The van der Waals surface area contributed by atoms with Crippen LogP contribution in [0.5, 0.6) is 5.75 Å². The molecule has 0 saturated carbocycles. The molecule has 0 radical (unpaired) electrons. The van der Waals surface area contributed by atoms with Crippen LogP contribution in [0.3, 0.4) is 0 Å². The zero-order chi connectivity index (χ0) is 21.0. The lowest BCUT2D eigenvalue weighted by atomic mass is 10.0. The molecule has 1 aromatic heterocycles. The van der Waals surface area contributed by atoms with E-state index in [9.17, 15) is 9.59 Å². The molecule has 0 aliphatic carbocycles. The zero-order valence-electron chi connectivity index (χ0n) is 17.3. The molecule has 1 unspecified atom stereocenters. The Morgan fingerprint density at radius 2 is 2.00 bits per heavy atom. The van der Waals surface area contributed by atoms with Gasteiger partial charge in [0.1, 0.15) is 10.6 Å². The van der Waals surface area contributed by atoms with Crippen molar-refractivity contribution in [1.82, 2.24) is 15.2 Å². The normalized spacial score (nSPS) is 16.3. The van der Waals surface area contributed by atoms with Gasteiger partial charge in [-0.15, -0.1) is 11.3 Å². The third-order valence-corrected chi connectivity index (χ3v) is 6.28. The highest BCUT2D eigenvalue weighted by Gasteiger charge is 2.28. The molecule has 8 heteroatoms. The number of amides is 2. The summed E-state index contributed by atoms with van der Waals surface area (Å²) in [5.41, 5.74) is 4.20. The van der Waals surface area contributed by atoms with Gasteiger partial charge in [0, 0.05) is 19.1 Å². The molecule has 7 nitrogen and oxygen atoms in total. The molecule has 1 atom stereocenters. The summed E-state index contributed by atoms with van der Waals surface area (Å²) < 4.78 is 5.34. The minimum atomic E-state index is -0.263. The Hall–Kier alpha value is -2.45. The van der Waals surface area contributed by atoms with Crippen LogP contribution in [0.1, 0.15) is 40.7 Å². The van der Waals surface area contributed by atoms with E-state index < -0.39 is 0 Å². The topological polar surface area (TPSA) is 83.6 Å². The number of carbonyl (C=O) groups excluding carboxylic acids is 2. The van der Waals surface area contributed by atoms with Crippen LogP contribution < -0.4 is 15.4 Å². The molecule has 1 aromatic carbocycles. The number of nitrogens with one attached hydrogen (secondary N) is 2. The Morgan fingerprint density at radius 3 is 2.62 bits per heavy atom. The molecule has 0 bridgehead atoms. The number of methoxy groups -OCH3 is 1. The van der Waals surface area contributed by atoms with Gasteiger partial charge in [0.05, 0.1) is 30.0 Å². The number of thiazole rings is 1. The maximum Gasteiger partial charge on any atom is 0.263 e. The molecular weight excluding hydrogens is 388 g/mol. The average molecular weight is 417 g/mol. The summed E-state index contributed by atoms with van der Waals surface area (Å²) in [6.45, 7) is 7.25. The van der Waals surface area contributed by atoms with Crippen molar-refractivity contribution in [3.05, 3.63) is 39.8 Å². The van der Waals surface area contributed by atoms with Crippen LogP contribution in [0.4, 0.5) is 5.69 Å². The third-order valence-electron chi connectivity index (χ3n) is 5.36. The third kappa shape index (κ3) is 5.13. The first-order chi connectivity index (χ1) is 13.9. The lowest BCUT2D eigenvalue weighted by Gasteiger charge is -2.35. The van der Waals surface area contributed by atoms with Gasteiger partial charge in [-0.05, 0) is 51.3 Å². The number of hydrogen-bond acceptors (Lipinski definition) is 6. The molecule has 29 heavy (non-hydrogen) atoms. The summed E-state index contributed by atoms with van der Waals surface area (Å²) in [7, 11) is 1.59. The van der Waals surface area contributed by atoms with Gasteiger partial charge < -0.3 is 15.4 Å². The summed E-state index contributed by atoms with van der Waals surface area (Å²) >= 11 is 1.36. The van der Waals surface area contributed by atoms with Gasteiger partial charge in [0.25, 0.3) is 5.91 Å². The fourth-order valence-corrected chi connectivity index (χ4v) is 4.23. The van der Waals surface area contributed by atoms with Crippen LogP contribution in [-0.4, -0.2) is 54.0 Å². The molecule has 1 saturated heterocycles. The smallest absolute Gasteiger partial charge is 0.263 e. The number of rotatable bonds is 6. The van der Waals surface area contributed by atoms with Crippen molar-refractivity contribution in [2.75, 3.05) is 25.5 Å². The summed E-state index contributed by atoms with van der Waals surface area (Å²) in [6, 6.07) is 5.57. The van der Waals surface area contributed by atoms with Gasteiger partial charge in [-0.3, -0.25) is 14.5 Å². The number of anilines is 1. The molecular formula is C21H28N4O3S. The van der Waals surface area contributed by atoms with Crippen molar-refractivity contribution in [2.45, 2.75) is 45.7 Å². The second-order valence-corrected chi connectivity index (χ2v) is 8.27. The number of nitrogens with zero attached hydrogens (tertiary/aromatic N) is 2. The van der Waals surface area contributed by atoms with E-state index in [1.165, 1.54) is 11.3 Å². The Balaban J connectivity index is 1.52. The van der Waals surface area contributed by atoms with Crippen LogP contribution >= 0.6 is 11.3 Å². The summed E-state index contributed by atoms with van der Waals surface area (Å²) in [6.07, 6.45) is 1.63. The van der Waals surface area contributed by atoms with Gasteiger partial charge in [-0.2, -0.15) is 0 Å². The first kappa shape index (κ1) is 21.3. The number of likely N-dealkylation sites (tertiary alicyclic amines) is 1. The highest BCUT2D eigenvalue weighted by Crippen LogP contribution is 2.26. The van der Waals surface area contributed by atoms with Gasteiger partial charge in [-0.25, -0.2) is 4.98 Å². The molecule has 1 fully saturated rings. The SMILES string of the molecule is COc1ccc(C)cc1NC(=O)C(C)N1CCC(NC(=O)c2scnc2C)CC1. The number of aryl methyl sites for hydroxylation is 2. The molecule has 2 N–H and O–H groups in total. The van der Waals surface area contributed by atoms with Crippen LogP contribution in [0.2, 0.25) is 0 Å². The van der Waals surface area contributed by atoms with E-state index in [2.05, 4.69) is 20.5 Å². The molecule has 0 spiro atoms. The van der Waals surface area contributed by atoms with Crippen molar-refractivity contribution >= 4 is 28.8 Å². The van der Waals surface area contributed by atoms with E-state index >= 15 is 0 Å².